The van der Waals surface area contributed by atoms with Gasteiger partial charge in [-0.15, -0.1) is 0 Å². The second kappa shape index (κ2) is 11.7. The molecule has 6 rings (SSSR count). The summed E-state index contributed by atoms with van der Waals surface area (Å²) >= 11 is 0. The third-order valence-electron chi connectivity index (χ3n) is 8.72. The summed E-state index contributed by atoms with van der Waals surface area (Å²) in [5.74, 6) is 1.34. The molecule has 2 N–H and O–H groups in total. The summed E-state index contributed by atoms with van der Waals surface area (Å²) in [6.45, 7) is 12.2. The zero-order valence-electron chi connectivity index (χ0n) is 25.3. The van der Waals surface area contributed by atoms with Crippen LogP contribution in [-0.2, 0) is 18.7 Å². The quantitative estimate of drug-likeness (QED) is 0.246. The number of nitrogens with zero attached hydrogens (tertiary/aromatic N) is 4. The number of pyridine rings is 1. The summed E-state index contributed by atoms with van der Waals surface area (Å²) in [7, 11) is 0. The van der Waals surface area contributed by atoms with Crippen LogP contribution in [0.2, 0.25) is 0 Å². The largest absolute Gasteiger partial charge is 0.456 e. The lowest BCUT2D eigenvalue weighted by Crippen LogP contribution is -2.54. The molecule has 0 fully saturated rings. The van der Waals surface area contributed by atoms with Gasteiger partial charge in [-0.2, -0.15) is 0 Å². The number of amides is 1. The van der Waals surface area contributed by atoms with E-state index in [9.17, 15) is 9.90 Å². The highest BCUT2D eigenvalue weighted by atomic mass is 16.5. The van der Waals surface area contributed by atoms with E-state index in [1.165, 1.54) is 0 Å². The van der Waals surface area contributed by atoms with Crippen molar-refractivity contribution in [3.05, 3.63) is 113 Å². The zero-order valence-corrected chi connectivity index (χ0v) is 25.3. The normalized spacial score (nSPS) is 14.3. The summed E-state index contributed by atoms with van der Waals surface area (Å²) in [5.41, 5.74) is 9.30. The summed E-state index contributed by atoms with van der Waals surface area (Å²) < 4.78 is 6.76. The van der Waals surface area contributed by atoms with Crippen molar-refractivity contribution in [1.82, 2.24) is 15.4 Å². The predicted octanol–water partition coefficient (Wildman–Crippen LogP) is 5.82. The Balaban J connectivity index is 1.58. The van der Waals surface area contributed by atoms with Crippen LogP contribution in [-0.4, -0.2) is 47.2 Å². The first-order chi connectivity index (χ1) is 21.0. The molecule has 3 aromatic carbocycles. The Kier molecular flexibility index (Phi) is 7.81. The molecular formula is C35H39N5O3. The number of rotatable bonds is 10. The number of aromatic nitrogens is 1. The maximum absolute atomic E-state index is 14.3. The molecule has 2 aliphatic heterocycles. The second-order valence-corrected chi connectivity index (χ2v) is 10.8. The number of hydrazine groups is 1. The third kappa shape index (κ3) is 4.62. The van der Waals surface area contributed by atoms with Crippen molar-refractivity contribution in [3.63, 3.8) is 0 Å². The van der Waals surface area contributed by atoms with Crippen molar-refractivity contribution < 1.29 is 14.6 Å². The molecule has 0 atom stereocenters. The molecule has 222 valence electrons. The van der Waals surface area contributed by atoms with Gasteiger partial charge in [0.25, 0.3) is 5.91 Å². The highest BCUT2D eigenvalue weighted by Crippen LogP contribution is 2.57. The Bertz CT molecular complexity index is 1590. The van der Waals surface area contributed by atoms with E-state index in [0.717, 1.165) is 71.4 Å². The SMILES string of the molecule is CCN(CC)c1ccc2c(c1)Oc1cc(N(CC)CC)ccc1C21c2ccccc2C(=O)N1NCc1cccc(CO)n1. The van der Waals surface area contributed by atoms with Crippen molar-refractivity contribution in [2.75, 3.05) is 36.0 Å². The molecule has 0 aliphatic carbocycles. The number of aliphatic hydroxyl groups excluding tert-OH is 1. The van der Waals surface area contributed by atoms with Crippen LogP contribution in [0.4, 0.5) is 11.4 Å². The van der Waals surface area contributed by atoms with Crippen LogP contribution in [0, 0.1) is 0 Å². The van der Waals surface area contributed by atoms with Crippen molar-refractivity contribution in [2.45, 2.75) is 46.4 Å². The molecule has 0 radical (unpaired) electrons. The molecule has 0 unspecified atom stereocenters. The van der Waals surface area contributed by atoms with Crippen molar-refractivity contribution in [2.24, 2.45) is 0 Å². The van der Waals surface area contributed by atoms with Crippen LogP contribution >= 0.6 is 0 Å². The Labute approximate surface area is 253 Å². The average molecular weight is 578 g/mol. The van der Waals surface area contributed by atoms with E-state index >= 15 is 0 Å². The number of hydrogen-bond donors (Lipinski definition) is 2. The van der Waals surface area contributed by atoms with E-state index in [1.54, 1.807) is 11.1 Å². The molecule has 0 saturated heterocycles. The average Bonchev–Trinajstić information content (AvgIpc) is 3.29. The van der Waals surface area contributed by atoms with Crippen LogP contribution in [0.25, 0.3) is 0 Å². The smallest absolute Gasteiger partial charge is 0.269 e. The minimum Gasteiger partial charge on any atom is -0.456 e. The number of fused-ring (bicyclic) bond motifs is 6. The van der Waals surface area contributed by atoms with E-state index < -0.39 is 5.54 Å². The van der Waals surface area contributed by atoms with Crippen molar-refractivity contribution >= 4 is 17.3 Å². The van der Waals surface area contributed by atoms with Gasteiger partial charge in [-0.1, -0.05) is 36.4 Å². The number of ether oxygens (including phenoxy) is 1. The molecule has 2 aliphatic rings. The van der Waals surface area contributed by atoms with E-state index in [4.69, 9.17) is 4.74 Å². The van der Waals surface area contributed by atoms with Gasteiger partial charge in [-0.25, -0.2) is 5.43 Å². The van der Waals surface area contributed by atoms with Gasteiger partial charge in [-0.3, -0.25) is 14.8 Å². The first kappa shape index (κ1) is 28.7. The molecule has 1 spiro atoms. The zero-order chi connectivity index (χ0) is 30.1. The second-order valence-electron chi connectivity index (χ2n) is 10.8. The van der Waals surface area contributed by atoms with Crippen LogP contribution in [0.1, 0.15) is 66.1 Å². The monoisotopic (exact) mass is 577 g/mol. The van der Waals surface area contributed by atoms with Crippen molar-refractivity contribution in [3.8, 4) is 11.5 Å². The third-order valence-corrected chi connectivity index (χ3v) is 8.72. The van der Waals surface area contributed by atoms with Gasteiger partial charge >= 0.3 is 0 Å². The maximum Gasteiger partial charge on any atom is 0.269 e. The number of nitrogens with one attached hydrogen (secondary N) is 1. The summed E-state index contributed by atoms with van der Waals surface area (Å²) in [6.07, 6.45) is 0. The highest BCUT2D eigenvalue weighted by molar-refractivity contribution is 6.02. The van der Waals surface area contributed by atoms with Crippen LogP contribution in [0.3, 0.4) is 0 Å². The molecular weight excluding hydrogens is 538 g/mol. The van der Waals surface area contributed by atoms with Gasteiger partial charge in [0.15, 0.2) is 0 Å². The van der Waals surface area contributed by atoms with Gasteiger partial charge < -0.3 is 19.6 Å². The number of anilines is 2. The fraction of sp³-hybridized carbons (Fsp3) is 0.314. The molecule has 1 aromatic heterocycles. The van der Waals surface area contributed by atoms with Gasteiger partial charge in [0.2, 0.25) is 0 Å². The van der Waals surface area contributed by atoms with Crippen molar-refractivity contribution in [1.29, 1.82) is 0 Å². The molecule has 0 bridgehead atoms. The fourth-order valence-electron chi connectivity index (χ4n) is 6.60. The standard InChI is InChI=1S/C35H39N5O3/c1-5-38(6-2)26-16-18-30-32(20-26)43-33-21-27(39(7-3)8-4)17-19-31(33)35(30)29-15-10-9-14-28(29)34(42)40(35)36-22-24-12-11-13-25(23-41)37-24/h9-21,36,41H,5-8,22-23H2,1-4H3. The lowest BCUT2D eigenvalue weighted by atomic mass is 9.75. The molecule has 3 heterocycles. The van der Waals surface area contributed by atoms with Crippen LogP contribution < -0.4 is 20.0 Å². The molecule has 43 heavy (non-hydrogen) atoms. The minimum atomic E-state index is -0.977. The summed E-state index contributed by atoms with van der Waals surface area (Å²) in [6, 6.07) is 26.1. The van der Waals surface area contributed by atoms with Gasteiger partial charge in [-0.05, 0) is 58.0 Å². The minimum absolute atomic E-state index is 0.117. The first-order valence-corrected chi connectivity index (χ1v) is 15.2. The predicted molar refractivity (Wildman–Crippen MR) is 170 cm³/mol. The van der Waals surface area contributed by atoms with Gasteiger partial charge in [0.05, 0.1) is 24.5 Å². The van der Waals surface area contributed by atoms with E-state index in [0.29, 0.717) is 17.8 Å². The Morgan fingerprint density at radius 1 is 0.767 bits per heavy atom. The van der Waals surface area contributed by atoms with Crippen LogP contribution in [0.5, 0.6) is 11.5 Å². The summed E-state index contributed by atoms with van der Waals surface area (Å²) in [5, 5.41) is 11.4. The van der Waals surface area contributed by atoms with E-state index in [-0.39, 0.29) is 12.5 Å². The highest BCUT2D eigenvalue weighted by Gasteiger charge is 2.56. The Morgan fingerprint density at radius 2 is 1.35 bits per heavy atom. The van der Waals surface area contributed by atoms with E-state index in [1.807, 2.05) is 30.3 Å². The lowest BCUT2D eigenvalue weighted by molar-refractivity contribution is 0.0497. The maximum atomic E-state index is 14.3. The number of aliphatic hydroxyl groups is 1. The number of hydrogen-bond acceptors (Lipinski definition) is 7. The summed E-state index contributed by atoms with van der Waals surface area (Å²) in [4.78, 5) is 23.5. The molecule has 1 amide bonds. The Hall–Kier alpha value is -4.40. The topological polar surface area (TPSA) is 81.2 Å². The number of carbonyl (C=O) groups is 1. The molecule has 8 nitrogen and oxygen atoms in total. The molecule has 8 heteroatoms. The number of carbonyl (C=O) groups excluding carboxylic acids is 1. The Morgan fingerprint density at radius 3 is 1.93 bits per heavy atom. The molecule has 4 aromatic rings. The fourth-order valence-corrected chi connectivity index (χ4v) is 6.60. The number of benzene rings is 3. The van der Waals surface area contributed by atoms with E-state index in [2.05, 4.69) is 90.4 Å². The first-order valence-electron chi connectivity index (χ1n) is 15.2. The van der Waals surface area contributed by atoms with Gasteiger partial charge in [0, 0.05) is 71.9 Å². The van der Waals surface area contributed by atoms with Crippen LogP contribution in [0.15, 0.2) is 78.9 Å². The lowest BCUT2D eigenvalue weighted by Gasteiger charge is -2.44. The molecule has 0 saturated carbocycles. The van der Waals surface area contributed by atoms with Gasteiger partial charge in [0.1, 0.15) is 17.0 Å².